The molecule has 1 aromatic heterocycles. The predicted octanol–water partition coefficient (Wildman–Crippen LogP) is 2.23. The van der Waals surface area contributed by atoms with Crippen molar-refractivity contribution in [1.29, 1.82) is 0 Å². The minimum Gasteiger partial charge on any atom is -0.384 e. The first-order valence-corrected chi connectivity index (χ1v) is 5.88. The number of nitrogens with one attached hydrogen (secondary N) is 2. The number of carbonyl (C=O) groups is 1. The van der Waals surface area contributed by atoms with E-state index in [4.69, 9.17) is 0 Å². The molecule has 1 aliphatic heterocycles. The van der Waals surface area contributed by atoms with Gasteiger partial charge in [-0.3, -0.25) is 9.78 Å². The summed E-state index contributed by atoms with van der Waals surface area (Å²) in [6.45, 7) is 0.649. The van der Waals surface area contributed by atoms with E-state index in [0.29, 0.717) is 6.54 Å². The largest absolute Gasteiger partial charge is 0.384 e. The molecule has 1 aromatic carbocycles. The number of nitrogens with zero attached hydrogens (tertiary/aromatic N) is 1. The molecule has 0 bridgehead atoms. The molecule has 0 saturated carbocycles. The van der Waals surface area contributed by atoms with Crippen molar-refractivity contribution >= 4 is 17.3 Å². The lowest BCUT2D eigenvalue weighted by Gasteiger charge is -2.10. The highest BCUT2D eigenvalue weighted by Crippen LogP contribution is 2.31. The number of hydrogen-bond donors (Lipinski definition) is 2. The van der Waals surface area contributed by atoms with Crippen molar-refractivity contribution < 1.29 is 4.79 Å². The number of amides is 1. The molecule has 0 spiro atoms. The maximum atomic E-state index is 12.2. The Kier molecular flexibility index (Phi) is 2.68. The van der Waals surface area contributed by atoms with E-state index in [1.165, 1.54) is 0 Å². The molecule has 0 aliphatic carbocycles. The zero-order valence-electron chi connectivity index (χ0n) is 9.76. The van der Waals surface area contributed by atoms with E-state index in [2.05, 4.69) is 15.6 Å². The summed E-state index contributed by atoms with van der Waals surface area (Å²) >= 11 is 0. The van der Waals surface area contributed by atoms with Gasteiger partial charge in [0.05, 0.1) is 5.92 Å². The highest BCUT2D eigenvalue weighted by Gasteiger charge is 2.27. The Morgan fingerprint density at radius 2 is 2.00 bits per heavy atom. The molecule has 1 aliphatic rings. The molecule has 1 amide bonds. The number of anilines is 2. The Morgan fingerprint density at radius 3 is 2.83 bits per heavy atom. The third-order valence-electron chi connectivity index (χ3n) is 3.10. The monoisotopic (exact) mass is 239 g/mol. The summed E-state index contributed by atoms with van der Waals surface area (Å²) in [6, 6.07) is 11.5. The number of fused-ring (bicyclic) bond motifs is 1. The quantitative estimate of drug-likeness (QED) is 0.845. The molecule has 4 nitrogen and oxygen atoms in total. The van der Waals surface area contributed by atoms with Crippen molar-refractivity contribution in [1.82, 2.24) is 4.98 Å². The first-order chi connectivity index (χ1) is 8.84. The summed E-state index contributed by atoms with van der Waals surface area (Å²) < 4.78 is 0. The Morgan fingerprint density at radius 1 is 1.22 bits per heavy atom. The van der Waals surface area contributed by atoms with Crippen LogP contribution in [0, 0.1) is 0 Å². The first kappa shape index (κ1) is 10.8. The Labute approximate surface area is 105 Å². The summed E-state index contributed by atoms with van der Waals surface area (Å²) in [4.78, 5) is 16.1. The molecule has 90 valence electrons. The van der Waals surface area contributed by atoms with Gasteiger partial charge in [-0.15, -0.1) is 0 Å². The van der Waals surface area contributed by atoms with Crippen molar-refractivity contribution in [2.75, 3.05) is 17.2 Å². The molecule has 0 radical (unpaired) electrons. The van der Waals surface area contributed by atoms with Gasteiger partial charge in [-0.2, -0.15) is 0 Å². The molecule has 0 fully saturated rings. The molecule has 1 unspecified atom stereocenters. The standard InChI is InChI=1S/C14H13N3O/c18-14(17-10-5-7-15-8-6-10)12-9-16-13-4-2-1-3-11(12)13/h1-8,12,16H,9H2,(H,15,17,18). The lowest BCUT2D eigenvalue weighted by atomic mass is 10.0. The Bertz CT molecular complexity index is 568. The van der Waals surface area contributed by atoms with Crippen molar-refractivity contribution in [3.05, 3.63) is 54.4 Å². The van der Waals surface area contributed by atoms with Crippen molar-refractivity contribution in [2.24, 2.45) is 0 Å². The smallest absolute Gasteiger partial charge is 0.233 e. The van der Waals surface area contributed by atoms with Crippen LogP contribution in [0.5, 0.6) is 0 Å². The molecule has 2 aromatic rings. The topological polar surface area (TPSA) is 54.0 Å². The minimum absolute atomic E-state index is 0.0126. The van der Waals surface area contributed by atoms with E-state index in [1.54, 1.807) is 24.5 Å². The van der Waals surface area contributed by atoms with E-state index in [0.717, 1.165) is 16.9 Å². The average Bonchev–Trinajstić information content (AvgIpc) is 2.84. The van der Waals surface area contributed by atoms with Crippen LogP contribution in [0.3, 0.4) is 0 Å². The van der Waals surface area contributed by atoms with Gasteiger partial charge >= 0.3 is 0 Å². The summed E-state index contributed by atoms with van der Waals surface area (Å²) in [5, 5.41) is 6.15. The third kappa shape index (κ3) is 1.93. The van der Waals surface area contributed by atoms with E-state index < -0.39 is 0 Å². The normalized spacial score (nSPS) is 16.8. The van der Waals surface area contributed by atoms with E-state index >= 15 is 0 Å². The van der Waals surface area contributed by atoms with E-state index in [1.807, 2.05) is 24.3 Å². The molecule has 18 heavy (non-hydrogen) atoms. The van der Waals surface area contributed by atoms with Crippen molar-refractivity contribution in [3.8, 4) is 0 Å². The summed E-state index contributed by atoms with van der Waals surface area (Å²) in [7, 11) is 0. The highest BCUT2D eigenvalue weighted by molar-refractivity contribution is 5.98. The second-order valence-electron chi connectivity index (χ2n) is 4.25. The summed E-state index contributed by atoms with van der Waals surface area (Å²) in [5.41, 5.74) is 2.89. The second kappa shape index (κ2) is 4.49. The SMILES string of the molecule is O=C(Nc1ccncc1)C1CNc2ccccc21. The second-order valence-corrected chi connectivity index (χ2v) is 4.25. The number of carbonyl (C=O) groups excluding carboxylic acids is 1. The van der Waals surface area contributed by atoms with E-state index in [-0.39, 0.29) is 11.8 Å². The molecule has 0 saturated heterocycles. The van der Waals surface area contributed by atoms with Gasteiger partial charge in [0.2, 0.25) is 5.91 Å². The number of benzene rings is 1. The van der Waals surface area contributed by atoms with Crippen molar-refractivity contribution in [2.45, 2.75) is 5.92 Å². The fourth-order valence-corrected chi connectivity index (χ4v) is 2.18. The summed E-state index contributed by atoms with van der Waals surface area (Å²) in [6.07, 6.45) is 3.33. The number of para-hydroxylation sites is 1. The number of aromatic nitrogens is 1. The molecule has 2 heterocycles. The molecular formula is C14H13N3O. The van der Waals surface area contributed by atoms with Gasteiger partial charge in [0, 0.05) is 30.3 Å². The fourth-order valence-electron chi connectivity index (χ4n) is 2.18. The van der Waals surface area contributed by atoms with Gasteiger partial charge in [0.15, 0.2) is 0 Å². The van der Waals surface area contributed by atoms with Crippen LogP contribution >= 0.6 is 0 Å². The van der Waals surface area contributed by atoms with Crippen LogP contribution in [0.2, 0.25) is 0 Å². The molecule has 3 rings (SSSR count). The van der Waals surface area contributed by atoms with Crippen LogP contribution in [-0.4, -0.2) is 17.4 Å². The number of hydrogen-bond acceptors (Lipinski definition) is 3. The first-order valence-electron chi connectivity index (χ1n) is 5.88. The van der Waals surface area contributed by atoms with Crippen LogP contribution in [-0.2, 0) is 4.79 Å². The summed E-state index contributed by atoms with van der Waals surface area (Å²) in [5.74, 6) is -0.118. The maximum Gasteiger partial charge on any atom is 0.233 e. The average molecular weight is 239 g/mol. The van der Waals surface area contributed by atoms with Gasteiger partial charge < -0.3 is 10.6 Å². The fraction of sp³-hybridized carbons (Fsp3) is 0.143. The van der Waals surface area contributed by atoms with Crippen molar-refractivity contribution in [3.63, 3.8) is 0 Å². The molecule has 1 atom stereocenters. The predicted molar refractivity (Wildman–Crippen MR) is 70.5 cm³/mol. The molecular weight excluding hydrogens is 226 g/mol. The Balaban J connectivity index is 1.79. The highest BCUT2D eigenvalue weighted by atomic mass is 16.1. The zero-order valence-corrected chi connectivity index (χ0v) is 9.76. The zero-order chi connectivity index (χ0) is 12.4. The van der Waals surface area contributed by atoms with Gasteiger partial charge in [-0.25, -0.2) is 0 Å². The van der Waals surface area contributed by atoms with E-state index in [9.17, 15) is 4.79 Å². The van der Waals surface area contributed by atoms with Crippen LogP contribution in [0.15, 0.2) is 48.8 Å². The maximum absolute atomic E-state index is 12.2. The van der Waals surface area contributed by atoms with Gasteiger partial charge in [0.25, 0.3) is 0 Å². The van der Waals surface area contributed by atoms with Crippen LogP contribution < -0.4 is 10.6 Å². The van der Waals surface area contributed by atoms with Gasteiger partial charge in [-0.1, -0.05) is 18.2 Å². The minimum atomic E-state index is -0.130. The third-order valence-corrected chi connectivity index (χ3v) is 3.10. The lowest BCUT2D eigenvalue weighted by molar-refractivity contribution is -0.117. The molecule has 4 heteroatoms. The van der Waals surface area contributed by atoms with Crippen LogP contribution in [0.1, 0.15) is 11.5 Å². The van der Waals surface area contributed by atoms with Gasteiger partial charge in [0.1, 0.15) is 0 Å². The number of pyridine rings is 1. The van der Waals surface area contributed by atoms with Gasteiger partial charge in [-0.05, 0) is 23.8 Å². The number of rotatable bonds is 2. The lowest BCUT2D eigenvalue weighted by Crippen LogP contribution is -2.22. The molecule has 2 N–H and O–H groups in total. The van der Waals surface area contributed by atoms with Crippen LogP contribution in [0.25, 0.3) is 0 Å². The van der Waals surface area contributed by atoms with Crippen LogP contribution in [0.4, 0.5) is 11.4 Å². The Hall–Kier alpha value is -2.36.